The molecule has 150 valence electrons. The van der Waals surface area contributed by atoms with Crippen LogP contribution in [0.5, 0.6) is 5.75 Å². The number of carbonyl (C=O) groups is 3. The minimum Gasteiger partial charge on any atom is -0.490 e. The molecule has 2 atom stereocenters. The summed E-state index contributed by atoms with van der Waals surface area (Å²) in [6.07, 6.45) is -1.21. The average Bonchev–Trinajstić information content (AvgIpc) is 2.69. The van der Waals surface area contributed by atoms with Gasteiger partial charge in [-0.25, -0.2) is 0 Å². The van der Waals surface area contributed by atoms with Gasteiger partial charge in [-0.2, -0.15) is 13.2 Å². The molecule has 2 rings (SSSR count). The summed E-state index contributed by atoms with van der Waals surface area (Å²) in [6, 6.07) is 4.28. The van der Waals surface area contributed by atoms with E-state index >= 15 is 0 Å². The van der Waals surface area contributed by atoms with E-state index in [0.29, 0.717) is 38.2 Å². The van der Waals surface area contributed by atoms with Gasteiger partial charge in [-0.05, 0) is 50.7 Å². The lowest BCUT2D eigenvalue weighted by molar-refractivity contribution is -0.137. The fraction of sp³-hybridized carbons (Fsp3) is 0.350. The molecular weight excluding hydrogens is 375 g/mol. The number of aldehydes is 3. The van der Waals surface area contributed by atoms with E-state index in [1.165, 1.54) is 12.1 Å². The third-order valence-electron chi connectivity index (χ3n) is 4.58. The molecule has 0 spiro atoms. The highest BCUT2D eigenvalue weighted by atomic mass is 19.4. The van der Waals surface area contributed by atoms with Gasteiger partial charge in [0.2, 0.25) is 0 Å². The number of alkyl halides is 3. The Bertz CT molecular complexity index is 782. The summed E-state index contributed by atoms with van der Waals surface area (Å²) in [7, 11) is 1.73. The topological polar surface area (TPSA) is 72.5 Å². The molecule has 1 aliphatic carbocycles. The van der Waals surface area contributed by atoms with Crippen LogP contribution in [0.3, 0.4) is 0 Å². The summed E-state index contributed by atoms with van der Waals surface area (Å²) >= 11 is 0. The van der Waals surface area contributed by atoms with Crippen LogP contribution in [0.2, 0.25) is 0 Å². The highest BCUT2D eigenvalue weighted by molar-refractivity contribution is 6.01. The summed E-state index contributed by atoms with van der Waals surface area (Å²) < 4.78 is 44.1. The lowest BCUT2D eigenvalue weighted by Crippen LogP contribution is -2.34. The number of ether oxygens (including phenoxy) is 1. The first-order valence-electron chi connectivity index (χ1n) is 8.64. The first kappa shape index (κ1) is 21.6. The van der Waals surface area contributed by atoms with Gasteiger partial charge in [0.15, 0.2) is 6.29 Å². The van der Waals surface area contributed by atoms with Gasteiger partial charge in [0, 0.05) is 22.6 Å². The summed E-state index contributed by atoms with van der Waals surface area (Å²) in [5.41, 5.74) is -0.464. The van der Waals surface area contributed by atoms with Crippen molar-refractivity contribution in [2.24, 2.45) is 5.92 Å². The third kappa shape index (κ3) is 4.95. The first-order valence-corrected chi connectivity index (χ1v) is 8.64. The Morgan fingerprint density at radius 1 is 1.14 bits per heavy atom. The van der Waals surface area contributed by atoms with E-state index in [4.69, 9.17) is 4.74 Å². The molecule has 8 heteroatoms. The maximum atomic E-state index is 12.7. The molecule has 2 unspecified atom stereocenters. The van der Waals surface area contributed by atoms with E-state index in [9.17, 15) is 27.6 Å². The van der Waals surface area contributed by atoms with Crippen molar-refractivity contribution >= 4 is 18.9 Å². The third-order valence-corrected chi connectivity index (χ3v) is 4.58. The van der Waals surface area contributed by atoms with Crippen molar-refractivity contribution in [1.82, 2.24) is 5.32 Å². The molecule has 0 heterocycles. The Labute approximate surface area is 160 Å². The van der Waals surface area contributed by atoms with Crippen LogP contribution >= 0.6 is 0 Å². The fourth-order valence-electron chi connectivity index (χ4n) is 3.13. The lowest BCUT2D eigenvalue weighted by Gasteiger charge is -2.30. The molecule has 28 heavy (non-hydrogen) atoms. The van der Waals surface area contributed by atoms with E-state index in [2.05, 4.69) is 5.32 Å². The maximum absolute atomic E-state index is 12.7. The fourth-order valence-corrected chi connectivity index (χ4v) is 3.13. The van der Waals surface area contributed by atoms with Gasteiger partial charge in [0.1, 0.15) is 24.4 Å². The van der Waals surface area contributed by atoms with E-state index < -0.39 is 23.8 Å². The molecule has 1 aliphatic rings. The van der Waals surface area contributed by atoms with Crippen LogP contribution in [0.1, 0.15) is 18.4 Å². The molecule has 0 amide bonds. The largest absolute Gasteiger partial charge is 0.490 e. The van der Waals surface area contributed by atoms with E-state index in [0.717, 1.165) is 12.1 Å². The number of rotatable bonds is 9. The minimum absolute atomic E-state index is 0.0201. The first-order chi connectivity index (χ1) is 13.3. The van der Waals surface area contributed by atoms with Crippen molar-refractivity contribution in [2.75, 3.05) is 13.6 Å². The molecule has 0 saturated heterocycles. The van der Waals surface area contributed by atoms with E-state index in [1.807, 2.05) is 0 Å². The molecule has 0 aromatic heterocycles. The molecule has 0 aliphatic heterocycles. The lowest BCUT2D eigenvalue weighted by atomic mass is 9.80. The van der Waals surface area contributed by atoms with Crippen LogP contribution < -0.4 is 10.1 Å². The van der Waals surface area contributed by atoms with Crippen LogP contribution in [0, 0.1) is 5.92 Å². The Balaban J connectivity index is 2.32. The number of hydrogen-bond donors (Lipinski definition) is 1. The summed E-state index contributed by atoms with van der Waals surface area (Å²) in [5, 5.41) is 2.96. The van der Waals surface area contributed by atoms with Crippen LogP contribution in [-0.4, -0.2) is 38.6 Å². The molecule has 1 aromatic carbocycles. The number of allylic oxidation sites excluding steroid dienone is 3. The van der Waals surface area contributed by atoms with Crippen molar-refractivity contribution in [3.8, 4) is 5.75 Å². The number of hydrogen-bond acceptors (Lipinski definition) is 5. The predicted octanol–water partition coefficient (Wildman–Crippen LogP) is 2.90. The number of halogens is 3. The van der Waals surface area contributed by atoms with E-state index in [-0.39, 0.29) is 22.5 Å². The van der Waals surface area contributed by atoms with Gasteiger partial charge in [-0.15, -0.1) is 0 Å². The Kier molecular flexibility index (Phi) is 7.28. The minimum atomic E-state index is -4.45. The predicted molar refractivity (Wildman–Crippen MR) is 95.8 cm³/mol. The standard InChI is InChI=1S/C20H20F3NO4/c1-24-9-8-19(28-15-5-3-14(4-6-15)20(21,22)23)16-7-2-13(10-25)17(11-26)18(16)12-27/h2-6,10-12,16,19,24H,7-9H2,1H3. The Morgan fingerprint density at radius 3 is 2.32 bits per heavy atom. The quantitative estimate of drug-likeness (QED) is 0.651. The molecule has 0 bridgehead atoms. The zero-order valence-electron chi connectivity index (χ0n) is 15.2. The van der Waals surface area contributed by atoms with Crippen molar-refractivity contribution in [1.29, 1.82) is 0 Å². The second-order valence-corrected chi connectivity index (χ2v) is 6.29. The normalized spacial score (nSPS) is 18.3. The van der Waals surface area contributed by atoms with Crippen molar-refractivity contribution < 1.29 is 32.3 Å². The van der Waals surface area contributed by atoms with Crippen molar-refractivity contribution in [2.45, 2.75) is 25.1 Å². The molecule has 1 aromatic rings. The molecule has 0 radical (unpaired) electrons. The molecule has 0 fully saturated rings. The van der Waals surface area contributed by atoms with Crippen LogP contribution in [0.15, 0.2) is 47.1 Å². The van der Waals surface area contributed by atoms with Crippen LogP contribution in [0.25, 0.3) is 0 Å². The highest BCUT2D eigenvalue weighted by Gasteiger charge is 2.33. The summed E-state index contributed by atoms with van der Waals surface area (Å²) in [4.78, 5) is 34.2. The van der Waals surface area contributed by atoms with Gasteiger partial charge in [0.05, 0.1) is 5.56 Å². The monoisotopic (exact) mass is 395 g/mol. The van der Waals surface area contributed by atoms with Crippen molar-refractivity contribution in [3.05, 3.63) is 52.6 Å². The maximum Gasteiger partial charge on any atom is 0.416 e. The zero-order chi connectivity index (χ0) is 20.7. The van der Waals surface area contributed by atoms with Gasteiger partial charge in [-0.1, -0.05) is 6.08 Å². The van der Waals surface area contributed by atoms with Gasteiger partial charge in [0.25, 0.3) is 0 Å². The molecular formula is C20H20F3NO4. The number of benzene rings is 1. The number of nitrogens with one attached hydrogen (secondary N) is 1. The molecule has 5 nitrogen and oxygen atoms in total. The van der Waals surface area contributed by atoms with Gasteiger partial charge < -0.3 is 10.1 Å². The van der Waals surface area contributed by atoms with E-state index in [1.54, 1.807) is 13.1 Å². The summed E-state index contributed by atoms with van der Waals surface area (Å²) in [6.45, 7) is 0.522. The Morgan fingerprint density at radius 2 is 1.82 bits per heavy atom. The molecule has 1 N–H and O–H groups in total. The van der Waals surface area contributed by atoms with Gasteiger partial charge >= 0.3 is 6.18 Å². The van der Waals surface area contributed by atoms with Gasteiger partial charge in [-0.3, -0.25) is 14.4 Å². The second-order valence-electron chi connectivity index (χ2n) is 6.29. The Hall–Kier alpha value is -2.74. The average molecular weight is 395 g/mol. The van der Waals surface area contributed by atoms with Crippen LogP contribution in [-0.2, 0) is 20.6 Å². The zero-order valence-corrected chi connectivity index (χ0v) is 15.2. The van der Waals surface area contributed by atoms with Crippen molar-refractivity contribution in [3.63, 3.8) is 0 Å². The second kappa shape index (κ2) is 9.45. The smallest absolute Gasteiger partial charge is 0.416 e. The number of carbonyl (C=O) groups excluding carboxylic acids is 3. The molecule has 0 saturated carbocycles. The SMILES string of the molecule is CNCCC(Oc1ccc(C(F)(F)F)cc1)C1CC=C(C=O)C(C=O)=C1C=O. The summed E-state index contributed by atoms with van der Waals surface area (Å²) in [5.74, 6) is -0.283. The highest BCUT2D eigenvalue weighted by Crippen LogP contribution is 2.34. The van der Waals surface area contributed by atoms with Crippen LogP contribution in [0.4, 0.5) is 13.2 Å².